The van der Waals surface area contributed by atoms with Crippen molar-refractivity contribution < 1.29 is 14.3 Å². The lowest BCUT2D eigenvalue weighted by Crippen LogP contribution is -2.36. The normalized spacial score (nSPS) is 16.2. The van der Waals surface area contributed by atoms with Crippen molar-refractivity contribution in [2.75, 3.05) is 48.8 Å². The van der Waals surface area contributed by atoms with Crippen LogP contribution in [0.2, 0.25) is 0 Å². The first-order valence-corrected chi connectivity index (χ1v) is 11.0. The first kappa shape index (κ1) is 21.0. The smallest absolute Gasteiger partial charge is 0.323 e. The highest BCUT2D eigenvalue weighted by molar-refractivity contribution is 6.04. The standard InChI is InChI=1S/C24H30N4O3/c1-31-20-10-7-18(8-11-20)25-24(30)26-19-9-12-22(27-13-5-6-14-27)21(17-19)23(29)28-15-3-2-4-16-28/h7-12,17H,2-6,13-16H2,1H3,(H2,25,26,30). The summed E-state index contributed by atoms with van der Waals surface area (Å²) in [6.07, 6.45) is 5.55. The molecule has 0 aromatic heterocycles. The third-order valence-corrected chi connectivity index (χ3v) is 5.92. The topological polar surface area (TPSA) is 73.9 Å². The summed E-state index contributed by atoms with van der Waals surface area (Å²) < 4.78 is 5.14. The molecule has 0 atom stereocenters. The molecule has 0 spiro atoms. The van der Waals surface area contributed by atoms with Gasteiger partial charge in [-0.3, -0.25) is 4.79 Å². The van der Waals surface area contributed by atoms with Gasteiger partial charge in [0.15, 0.2) is 0 Å². The number of piperidine rings is 1. The van der Waals surface area contributed by atoms with Crippen LogP contribution in [-0.2, 0) is 0 Å². The van der Waals surface area contributed by atoms with Crippen molar-refractivity contribution in [2.45, 2.75) is 32.1 Å². The van der Waals surface area contributed by atoms with Gasteiger partial charge in [0.05, 0.1) is 12.7 Å². The predicted molar refractivity (Wildman–Crippen MR) is 123 cm³/mol. The lowest BCUT2D eigenvalue weighted by molar-refractivity contribution is 0.0725. The third kappa shape index (κ3) is 5.10. The van der Waals surface area contributed by atoms with Gasteiger partial charge in [-0.2, -0.15) is 0 Å². The molecule has 164 valence electrons. The Bertz CT molecular complexity index is 917. The van der Waals surface area contributed by atoms with E-state index in [1.54, 1.807) is 31.4 Å². The van der Waals surface area contributed by atoms with E-state index < -0.39 is 0 Å². The number of benzene rings is 2. The molecule has 2 aliphatic rings. The molecule has 31 heavy (non-hydrogen) atoms. The predicted octanol–water partition coefficient (Wildman–Crippen LogP) is 4.57. The number of likely N-dealkylation sites (tertiary alicyclic amines) is 1. The number of urea groups is 1. The van der Waals surface area contributed by atoms with E-state index in [0.29, 0.717) is 16.9 Å². The first-order valence-electron chi connectivity index (χ1n) is 11.0. The highest BCUT2D eigenvalue weighted by Gasteiger charge is 2.25. The zero-order chi connectivity index (χ0) is 21.6. The van der Waals surface area contributed by atoms with Gasteiger partial charge in [-0.05, 0) is 74.6 Å². The van der Waals surface area contributed by atoms with Crippen LogP contribution >= 0.6 is 0 Å². The number of ether oxygens (including phenoxy) is 1. The molecular formula is C24H30N4O3. The summed E-state index contributed by atoms with van der Waals surface area (Å²) in [5.41, 5.74) is 2.91. The maximum absolute atomic E-state index is 13.3. The summed E-state index contributed by atoms with van der Waals surface area (Å²) in [5.74, 6) is 0.783. The number of nitrogens with one attached hydrogen (secondary N) is 2. The number of anilines is 3. The molecule has 0 radical (unpaired) electrons. The largest absolute Gasteiger partial charge is 0.497 e. The zero-order valence-electron chi connectivity index (χ0n) is 18.0. The fourth-order valence-electron chi connectivity index (χ4n) is 4.25. The molecule has 0 unspecified atom stereocenters. The van der Waals surface area contributed by atoms with Gasteiger partial charge in [-0.1, -0.05) is 0 Å². The molecule has 2 aliphatic heterocycles. The van der Waals surface area contributed by atoms with Crippen molar-refractivity contribution in [1.82, 2.24) is 4.90 Å². The van der Waals surface area contributed by atoms with Gasteiger partial charge in [0.25, 0.3) is 5.91 Å². The monoisotopic (exact) mass is 422 g/mol. The van der Waals surface area contributed by atoms with E-state index in [4.69, 9.17) is 4.74 Å². The molecule has 2 saturated heterocycles. The lowest BCUT2D eigenvalue weighted by atomic mass is 10.1. The fraction of sp³-hybridized carbons (Fsp3) is 0.417. The van der Waals surface area contributed by atoms with Crippen molar-refractivity contribution in [1.29, 1.82) is 0 Å². The molecular weight excluding hydrogens is 392 g/mol. The molecule has 0 bridgehead atoms. The van der Waals surface area contributed by atoms with Crippen LogP contribution in [0.15, 0.2) is 42.5 Å². The molecule has 2 aromatic rings. The van der Waals surface area contributed by atoms with Gasteiger partial charge in [0.2, 0.25) is 0 Å². The van der Waals surface area contributed by atoms with Crippen LogP contribution in [0.3, 0.4) is 0 Å². The Morgan fingerprint density at radius 2 is 1.42 bits per heavy atom. The van der Waals surface area contributed by atoms with Crippen LogP contribution in [0.25, 0.3) is 0 Å². The van der Waals surface area contributed by atoms with Crippen LogP contribution in [0.5, 0.6) is 5.75 Å². The van der Waals surface area contributed by atoms with Crippen LogP contribution in [0.1, 0.15) is 42.5 Å². The Labute approximate surface area is 183 Å². The Hall–Kier alpha value is -3.22. The Morgan fingerprint density at radius 1 is 0.806 bits per heavy atom. The number of hydrogen-bond acceptors (Lipinski definition) is 4. The van der Waals surface area contributed by atoms with Crippen LogP contribution in [-0.4, -0.2) is 50.1 Å². The molecule has 2 aromatic carbocycles. The Balaban J connectivity index is 1.51. The lowest BCUT2D eigenvalue weighted by Gasteiger charge is -2.29. The van der Waals surface area contributed by atoms with Crippen LogP contribution in [0, 0.1) is 0 Å². The summed E-state index contributed by atoms with van der Waals surface area (Å²) in [6, 6.07) is 12.4. The molecule has 7 nitrogen and oxygen atoms in total. The molecule has 7 heteroatoms. The minimum Gasteiger partial charge on any atom is -0.497 e. The molecule has 2 N–H and O–H groups in total. The summed E-state index contributed by atoms with van der Waals surface area (Å²) in [6.45, 7) is 3.53. The van der Waals surface area contributed by atoms with Crippen LogP contribution < -0.4 is 20.3 Å². The van der Waals surface area contributed by atoms with E-state index >= 15 is 0 Å². The third-order valence-electron chi connectivity index (χ3n) is 5.92. The summed E-state index contributed by atoms with van der Waals surface area (Å²) in [7, 11) is 1.60. The second-order valence-corrected chi connectivity index (χ2v) is 8.09. The molecule has 0 saturated carbocycles. The van der Waals surface area contributed by atoms with Gasteiger partial charge in [0, 0.05) is 43.2 Å². The molecule has 0 aliphatic carbocycles. The summed E-state index contributed by atoms with van der Waals surface area (Å²) in [4.78, 5) is 30.0. The van der Waals surface area contributed by atoms with Crippen molar-refractivity contribution in [3.8, 4) is 5.75 Å². The van der Waals surface area contributed by atoms with Gasteiger partial charge >= 0.3 is 6.03 Å². The first-order chi connectivity index (χ1) is 15.1. The number of amides is 3. The summed E-state index contributed by atoms with van der Waals surface area (Å²) >= 11 is 0. The van der Waals surface area contributed by atoms with Gasteiger partial charge in [0.1, 0.15) is 5.75 Å². The Morgan fingerprint density at radius 3 is 2.10 bits per heavy atom. The highest BCUT2D eigenvalue weighted by Crippen LogP contribution is 2.29. The number of nitrogens with zero attached hydrogens (tertiary/aromatic N) is 2. The number of hydrogen-bond donors (Lipinski definition) is 2. The van der Waals surface area contributed by atoms with E-state index in [1.807, 2.05) is 23.1 Å². The SMILES string of the molecule is COc1ccc(NC(=O)Nc2ccc(N3CCCC3)c(C(=O)N3CCCCC3)c2)cc1. The fourth-order valence-corrected chi connectivity index (χ4v) is 4.25. The second-order valence-electron chi connectivity index (χ2n) is 8.09. The quantitative estimate of drug-likeness (QED) is 0.741. The van der Waals surface area contributed by atoms with E-state index in [-0.39, 0.29) is 11.9 Å². The van der Waals surface area contributed by atoms with Gasteiger partial charge in [-0.15, -0.1) is 0 Å². The minimum absolute atomic E-state index is 0.0563. The average molecular weight is 423 g/mol. The second kappa shape index (κ2) is 9.73. The van der Waals surface area contributed by atoms with Crippen LogP contribution in [0.4, 0.5) is 21.9 Å². The van der Waals surface area contributed by atoms with E-state index in [2.05, 4.69) is 15.5 Å². The molecule has 2 heterocycles. The van der Waals surface area contributed by atoms with Gasteiger partial charge < -0.3 is 25.2 Å². The van der Waals surface area contributed by atoms with Crippen molar-refractivity contribution in [2.24, 2.45) is 0 Å². The van der Waals surface area contributed by atoms with Crippen molar-refractivity contribution in [3.63, 3.8) is 0 Å². The van der Waals surface area contributed by atoms with E-state index in [0.717, 1.165) is 63.3 Å². The Kier molecular flexibility index (Phi) is 6.60. The molecule has 3 amide bonds. The summed E-state index contributed by atoms with van der Waals surface area (Å²) in [5, 5.41) is 5.68. The highest BCUT2D eigenvalue weighted by atomic mass is 16.5. The minimum atomic E-state index is -0.351. The number of carbonyl (C=O) groups is 2. The number of methoxy groups -OCH3 is 1. The van der Waals surface area contributed by atoms with E-state index in [9.17, 15) is 9.59 Å². The molecule has 2 fully saturated rings. The van der Waals surface area contributed by atoms with Crippen molar-refractivity contribution >= 4 is 29.0 Å². The van der Waals surface area contributed by atoms with E-state index in [1.165, 1.54) is 6.42 Å². The average Bonchev–Trinajstić information content (AvgIpc) is 3.34. The maximum atomic E-state index is 13.3. The maximum Gasteiger partial charge on any atom is 0.323 e. The molecule has 4 rings (SSSR count). The van der Waals surface area contributed by atoms with Crippen molar-refractivity contribution in [3.05, 3.63) is 48.0 Å². The van der Waals surface area contributed by atoms with Gasteiger partial charge in [-0.25, -0.2) is 4.79 Å². The zero-order valence-corrected chi connectivity index (χ0v) is 18.0. The number of rotatable bonds is 5. The number of carbonyl (C=O) groups excluding carboxylic acids is 2.